The molecule has 0 aliphatic carbocycles. The SMILES string of the molecule is CCNC(C)c1ccc(F)c(-c2c(C)cc(C)cc2C)c1. The van der Waals surface area contributed by atoms with E-state index in [9.17, 15) is 4.39 Å². The molecule has 0 bridgehead atoms. The number of nitrogens with one attached hydrogen (secondary N) is 1. The van der Waals surface area contributed by atoms with Crippen LogP contribution in [0.15, 0.2) is 30.3 Å². The van der Waals surface area contributed by atoms with Gasteiger partial charge in [-0.25, -0.2) is 4.39 Å². The quantitative estimate of drug-likeness (QED) is 0.825. The second-order valence-electron chi connectivity index (χ2n) is 5.79. The van der Waals surface area contributed by atoms with Gasteiger partial charge in [0, 0.05) is 11.6 Å². The Hall–Kier alpha value is -1.67. The molecule has 0 aromatic heterocycles. The Balaban J connectivity index is 2.56. The summed E-state index contributed by atoms with van der Waals surface area (Å²) in [7, 11) is 0. The normalized spacial score (nSPS) is 12.5. The van der Waals surface area contributed by atoms with E-state index in [1.165, 1.54) is 5.56 Å². The molecule has 0 aliphatic heterocycles. The molecule has 2 aromatic carbocycles. The van der Waals surface area contributed by atoms with Crippen LogP contribution in [0.4, 0.5) is 4.39 Å². The van der Waals surface area contributed by atoms with Crippen LogP contribution in [0, 0.1) is 26.6 Å². The highest BCUT2D eigenvalue weighted by Gasteiger charge is 2.14. The number of hydrogen-bond donors (Lipinski definition) is 1. The molecular weight excluding hydrogens is 261 g/mol. The van der Waals surface area contributed by atoms with Crippen LogP contribution in [0.3, 0.4) is 0 Å². The first-order chi connectivity index (χ1) is 9.93. The Bertz CT molecular complexity index is 623. The second-order valence-corrected chi connectivity index (χ2v) is 5.79. The molecule has 0 fully saturated rings. The maximum atomic E-state index is 14.3. The van der Waals surface area contributed by atoms with Crippen molar-refractivity contribution >= 4 is 0 Å². The van der Waals surface area contributed by atoms with Crippen molar-refractivity contribution in [2.45, 2.75) is 40.7 Å². The summed E-state index contributed by atoms with van der Waals surface area (Å²) in [4.78, 5) is 0. The van der Waals surface area contributed by atoms with E-state index in [2.05, 4.69) is 52.1 Å². The van der Waals surface area contributed by atoms with Crippen molar-refractivity contribution in [1.82, 2.24) is 5.32 Å². The third-order valence-electron chi connectivity index (χ3n) is 3.95. The Labute approximate surface area is 127 Å². The molecule has 0 saturated heterocycles. The van der Waals surface area contributed by atoms with Gasteiger partial charge in [-0.3, -0.25) is 0 Å². The van der Waals surface area contributed by atoms with Crippen molar-refractivity contribution in [3.8, 4) is 11.1 Å². The average Bonchev–Trinajstić information content (AvgIpc) is 2.40. The predicted octanol–water partition coefficient (Wildman–Crippen LogP) is 5.09. The first-order valence-corrected chi connectivity index (χ1v) is 7.55. The smallest absolute Gasteiger partial charge is 0.131 e. The first-order valence-electron chi connectivity index (χ1n) is 7.55. The molecular formula is C19H24FN. The second kappa shape index (κ2) is 6.40. The fourth-order valence-electron chi connectivity index (χ4n) is 3.03. The summed E-state index contributed by atoms with van der Waals surface area (Å²) in [6.45, 7) is 11.3. The first kappa shape index (κ1) is 15.7. The molecule has 1 unspecified atom stereocenters. The summed E-state index contributed by atoms with van der Waals surface area (Å²) in [6.07, 6.45) is 0. The lowest BCUT2D eigenvalue weighted by Gasteiger charge is -2.17. The van der Waals surface area contributed by atoms with Crippen molar-refractivity contribution < 1.29 is 4.39 Å². The molecule has 1 nitrogen and oxygen atoms in total. The minimum absolute atomic E-state index is 0.155. The molecule has 0 radical (unpaired) electrons. The Morgan fingerprint density at radius 1 is 1.05 bits per heavy atom. The van der Waals surface area contributed by atoms with Gasteiger partial charge in [-0.2, -0.15) is 0 Å². The molecule has 112 valence electrons. The van der Waals surface area contributed by atoms with Crippen LogP contribution in [0.1, 0.15) is 42.1 Å². The maximum absolute atomic E-state index is 14.3. The molecule has 2 aromatic rings. The van der Waals surface area contributed by atoms with E-state index in [0.717, 1.165) is 28.8 Å². The lowest BCUT2D eigenvalue weighted by Crippen LogP contribution is -2.17. The number of halogens is 1. The fraction of sp³-hybridized carbons (Fsp3) is 0.368. The van der Waals surface area contributed by atoms with Crippen molar-refractivity contribution in [2.24, 2.45) is 0 Å². The van der Waals surface area contributed by atoms with Crippen LogP contribution in [-0.4, -0.2) is 6.54 Å². The Morgan fingerprint density at radius 3 is 2.24 bits per heavy atom. The number of hydrogen-bond acceptors (Lipinski definition) is 1. The van der Waals surface area contributed by atoms with Crippen molar-refractivity contribution in [2.75, 3.05) is 6.54 Å². The zero-order valence-corrected chi connectivity index (χ0v) is 13.5. The summed E-state index contributed by atoms with van der Waals surface area (Å²) in [6, 6.07) is 9.88. The topological polar surface area (TPSA) is 12.0 Å². The molecule has 1 atom stereocenters. The average molecular weight is 285 g/mol. The number of aryl methyl sites for hydroxylation is 3. The van der Waals surface area contributed by atoms with Gasteiger partial charge in [0.1, 0.15) is 5.82 Å². The highest BCUT2D eigenvalue weighted by Crippen LogP contribution is 2.32. The molecule has 21 heavy (non-hydrogen) atoms. The molecule has 1 N–H and O–H groups in total. The molecule has 2 heteroatoms. The van der Waals surface area contributed by atoms with E-state index >= 15 is 0 Å². The van der Waals surface area contributed by atoms with E-state index in [0.29, 0.717) is 5.56 Å². The minimum atomic E-state index is -0.155. The largest absolute Gasteiger partial charge is 0.310 e. The van der Waals surface area contributed by atoms with Gasteiger partial charge in [-0.1, -0.05) is 30.7 Å². The van der Waals surface area contributed by atoms with Crippen LogP contribution < -0.4 is 5.32 Å². The van der Waals surface area contributed by atoms with E-state index in [1.807, 2.05) is 12.1 Å². The predicted molar refractivity (Wildman–Crippen MR) is 88.1 cm³/mol. The third-order valence-corrected chi connectivity index (χ3v) is 3.95. The van der Waals surface area contributed by atoms with Crippen molar-refractivity contribution in [3.63, 3.8) is 0 Å². The highest BCUT2D eigenvalue weighted by atomic mass is 19.1. The van der Waals surface area contributed by atoms with Crippen LogP contribution in [-0.2, 0) is 0 Å². The number of rotatable bonds is 4. The van der Waals surface area contributed by atoms with Crippen LogP contribution >= 0.6 is 0 Å². The van der Waals surface area contributed by atoms with Gasteiger partial charge < -0.3 is 5.32 Å². The van der Waals surface area contributed by atoms with Crippen LogP contribution in [0.2, 0.25) is 0 Å². The summed E-state index contributed by atoms with van der Waals surface area (Å²) in [5.41, 5.74) is 6.30. The summed E-state index contributed by atoms with van der Waals surface area (Å²) >= 11 is 0. The van der Waals surface area contributed by atoms with Gasteiger partial charge in [0.25, 0.3) is 0 Å². The van der Waals surface area contributed by atoms with Gasteiger partial charge in [0.05, 0.1) is 0 Å². The van der Waals surface area contributed by atoms with E-state index in [-0.39, 0.29) is 11.9 Å². The molecule has 0 saturated carbocycles. The highest BCUT2D eigenvalue weighted by molar-refractivity contribution is 5.72. The maximum Gasteiger partial charge on any atom is 0.131 e. The summed E-state index contributed by atoms with van der Waals surface area (Å²) < 4.78 is 14.3. The molecule has 0 spiro atoms. The zero-order valence-electron chi connectivity index (χ0n) is 13.5. The fourth-order valence-corrected chi connectivity index (χ4v) is 3.03. The van der Waals surface area contributed by atoms with Crippen molar-refractivity contribution in [1.29, 1.82) is 0 Å². The molecule has 0 heterocycles. The van der Waals surface area contributed by atoms with Gasteiger partial charge >= 0.3 is 0 Å². The standard InChI is InChI=1S/C19H24FN/c1-6-21-15(5)16-7-8-18(20)17(11-16)19-13(3)9-12(2)10-14(19)4/h7-11,15,21H,6H2,1-5H3. The van der Waals surface area contributed by atoms with Crippen LogP contribution in [0.25, 0.3) is 11.1 Å². The zero-order chi connectivity index (χ0) is 15.6. The Kier molecular flexibility index (Phi) is 4.79. The van der Waals surface area contributed by atoms with Gasteiger partial charge in [-0.05, 0) is 68.6 Å². The number of benzene rings is 2. The van der Waals surface area contributed by atoms with Crippen LogP contribution in [0.5, 0.6) is 0 Å². The van der Waals surface area contributed by atoms with E-state index in [4.69, 9.17) is 0 Å². The van der Waals surface area contributed by atoms with Gasteiger partial charge in [-0.15, -0.1) is 0 Å². The molecule has 0 amide bonds. The summed E-state index contributed by atoms with van der Waals surface area (Å²) in [5, 5.41) is 3.38. The minimum Gasteiger partial charge on any atom is -0.310 e. The third kappa shape index (κ3) is 3.33. The summed E-state index contributed by atoms with van der Waals surface area (Å²) in [5.74, 6) is -0.155. The van der Waals surface area contributed by atoms with Gasteiger partial charge in [0.2, 0.25) is 0 Å². The lowest BCUT2D eigenvalue weighted by molar-refractivity contribution is 0.592. The lowest BCUT2D eigenvalue weighted by atomic mass is 9.91. The van der Waals surface area contributed by atoms with Crippen molar-refractivity contribution in [3.05, 3.63) is 58.4 Å². The monoisotopic (exact) mass is 285 g/mol. The van der Waals surface area contributed by atoms with E-state index < -0.39 is 0 Å². The van der Waals surface area contributed by atoms with E-state index in [1.54, 1.807) is 6.07 Å². The molecule has 2 rings (SSSR count). The molecule has 0 aliphatic rings. The Morgan fingerprint density at radius 2 is 1.67 bits per heavy atom. The van der Waals surface area contributed by atoms with Gasteiger partial charge in [0.15, 0.2) is 0 Å².